The first-order valence-electron chi connectivity index (χ1n) is 12.0. The molecule has 4 atom stereocenters. The van der Waals surface area contributed by atoms with E-state index in [1.54, 1.807) is 10.8 Å². The molecule has 0 spiro atoms. The third-order valence-electron chi connectivity index (χ3n) is 6.84. The molecule has 2 aromatic heterocycles. The summed E-state index contributed by atoms with van der Waals surface area (Å²) in [6, 6.07) is 22.0. The van der Waals surface area contributed by atoms with Crippen molar-refractivity contribution in [3.8, 4) is 16.9 Å². The van der Waals surface area contributed by atoms with Crippen molar-refractivity contribution in [3.63, 3.8) is 0 Å². The summed E-state index contributed by atoms with van der Waals surface area (Å²) in [6.45, 7) is -0.00986. The van der Waals surface area contributed by atoms with Crippen LogP contribution < -0.4 is 10.5 Å². The van der Waals surface area contributed by atoms with Gasteiger partial charge in [0.1, 0.15) is 48.5 Å². The number of hydrogen-bond donors (Lipinski definition) is 4. The first kappa shape index (κ1) is 23.4. The average Bonchev–Trinajstić information content (AvgIpc) is 3.45. The van der Waals surface area contributed by atoms with E-state index >= 15 is 0 Å². The summed E-state index contributed by atoms with van der Waals surface area (Å²) in [5, 5.41) is 33.1. The molecule has 0 radical (unpaired) electrons. The topological polar surface area (TPSA) is 136 Å². The number of nitrogens with zero attached hydrogens (tertiary/aromatic N) is 3. The van der Waals surface area contributed by atoms with Crippen LogP contribution in [0, 0.1) is 0 Å². The van der Waals surface area contributed by atoms with E-state index in [0.717, 1.165) is 33.2 Å². The van der Waals surface area contributed by atoms with Gasteiger partial charge in [0.25, 0.3) is 0 Å². The van der Waals surface area contributed by atoms with Crippen molar-refractivity contribution in [3.05, 3.63) is 84.8 Å². The Balaban J connectivity index is 1.30. The molecular formula is C28H26N4O5. The van der Waals surface area contributed by atoms with E-state index in [9.17, 15) is 15.3 Å². The normalized spacial score (nSPS) is 21.6. The van der Waals surface area contributed by atoms with Crippen molar-refractivity contribution in [1.82, 2.24) is 14.5 Å². The van der Waals surface area contributed by atoms with Gasteiger partial charge in [-0.25, -0.2) is 9.97 Å². The predicted molar refractivity (Wildman–Crippen MR) is 139 cm³/mol. The molecule has 0 amide bonds. The van der Waals surface area contributed by atoms with E-state index in [0.29, 0.717) is 17.6 Å². The van der Waals surface area contributed by atoms with Gasteiger partial charge in [0, 0.05) is 17.1 Å². The summed E-state index contributed by atoms with van der Waals surface area (Å²) in [4.78, 5) is 8.51. The van der Waals surface area contributed by atoms with E-state index in [4.69, 9.17) is 15.2 Å². The number of hydrogen-bond acceptors (Lipinski definition) is 8. The molecule has 0 saturated carbocycles. The fourth-order valence-electron chi connectivity index (χ4n) is 4.89. The number of nitrogen functional groups attached to an aromatic ring is 1. The van der Waals surface area contributed by atoms with Crippen LogP contribution in [0.2, 0.25) is 0 Å². The molecule has 1 aliphatic heterocycles. The minimum Gasteiger partial charge on any atom is -0.488 e. The number of rotatable bonds is 6. The van der Waals surface area contributed by atoms with Gasteiger partial charge in [-0.15, -0.1) is 0 Å². The van der Waals surface area contributed by atoms with Crippen molar-refractivity contribution >= 4 is 27.6 Å². The van der Waals surface area contributed by atoms with E-state index in [1.165, 1.54) is 6.33 Å². The summed E-state index contributed by atoms with van der Waals surface area (Å²) in [5.74, 6) is 1.11. The number of nitrogens with two attached hydrogens (primary N) is 1. The Kier molecular flexibility index (Phi) is 5.97. The van der Waals surface area contributed by atoms with Gasteiger partial charge in [-0.2, -0.15) is 0 Å². The fraction of sp³-hybridized carbons (Fsp3) is 0.214. The monoisotopic (exact) mass is 498 g/mol. The van der Waals surface area contributed by atoms with Crippen LogP contribution in [0.15, 0.2) is 79.3 Å². The molecule has 5 aromatic rings. The average molecular weight is 499 g/mol. The van der Waals surface area contributed by atoms with E-state index < -0.39 is 31.1 Å². The molecule has 3 heterocycles. The Hall–Kier alpha value is -4.02. The third-order valence-corrected chi connectivity index (χ3v) is 6.84. The van der Waals surface area contributed by atoms with Crippen LogP contribution in [0.25, 0.3) is 32.9 Å². The van der Waals surface area contributed by atoms with Crippen molar-refractivity contribution in [2.45, 2.75) is 31.1 Å². The number of ether oxygens (including phenoxy) is 2. The lowest BCUT2D eigenvalue weighted by atomic mass is 10.0. The number of anilines is 1. The minimum atomic E-state index is -1.25. The van der Waals surface area contributed by atoms with E-state index in [1.807, 2.05) is 54.6 Å². The summed E-state index contributed by atoms with van der Waals surface area (Å²) in [5.41, 5.74) is 9.31. The zero-order valence-corrected chi connectivity index (χ0v) is 19.8. The van der Waals surface area contributed by atoms with Crippen LogP contribution in [-0.2, 0) is 11.3 Å². The van der Waals surface area contributed by atoms with Crippen molar-refractivity contribution in [1.29, 1.82) is 0 Å². The Morgan fingerprint density at radius 2 is 1.73 bits per heavy atom. The second kappa shape index (κ2) is 9.45. The van der Waals surface area contributed by atoms with Crippen molar-refractivity contribution in [2.75, 3.05) is 12.3 Å². The Morgan fingerprint density at radius 1 is 0.946 bits per heavy atom. The maximum Gasteiger partial charge on any atom is 0.164 e. The minimum absolute atomic E-state index is 0.286. The highest BCUT2D eigenvalue weighted by Gasteiger charge is 2.44. The zero-order valence-electron chi connectivity index (χ0n) is 19.8. The predicted octanol–water partition coefficient (Wildman–Crippen LogP) is 3.02. The molecule has 3 aromatic carbocycles. The second-order valence-electron chi connectivity index (χ2n) is 9.10. The standard InChI is InChI=1S/C28H26N4O5/c29-26-23-20(12-32(27(23)31-15-30-26)28-25(35)24(34)22(13-33)37-28)18-10-8-16(9-11-18)14-36-21-7-3-5-17-4-1-2-6-19(17)21/h1-12,15,22,24-25,28,33-35H,13-14H2,(H2,29,30,31)/t22-,24-,25-,28-/m1/s1. The van der Waals surface area contributed by atoms with Crippen molar-refractivity contribution in [2.24, 2.45) is 0 Å². The molecule has 1 fully saturated rings. The number of aliphatic hydroxyl groups is 3. The molecule has 37 heavy (non-hydrogen) atoms. The molecular weight excluding hydrogens is 472 g/mol. The molecule has 0 aliphatic carbocycles. The van der Waals surface area contributed by atoms with Gasteiger partial charge < -0.3 is 35.1 Å². The Labute approximate surface area is 212 Å². The lowest BCUT2D eigenvalue weighted by molar-refractivity contribution is -0.0508. The van der Waals surface area contributed by atoms with Crippen LogP contribution in [-0.4, -0.2) is 54.8 Å². The van der Waals surface area contributed by atoms with Crippen LogP contribution in [0.1, 0.15) is 11.8 Å². The van der Waals surface area contributed by atoms with Gasteiger partial charge in [0.2, 0.25) is 0 Å². The molecule has 5 N–H and O–H groups in total. The molecule has 188 valence electrons. The number of fused-ring (bicyclic) bond motifs is 2. The highest BCUT2D eigenvalue weighted by atomic mass is 16.6. The van der Waals surface area contributed by atoms with Gasteiger partial charge in [-0.05, 0) is 22.6 Å². The zero-order chi connectivity index (χ0) is 25.5. The fourth-order valence-corrected chi connectivity index (χ4v) is 4.89. The smallest absolute Gasteiger partial charge is 0.164 e. The number of aliphatic hydroxyl groups excluding tert-OH is 3. The lowest BCUT2D eigenvalue weighted by Crippen LogP contribution is -2.33. The first-order valence-corrected chi connectivity index (χ1v) is 12.0. The summed E-state index contributed by atoms with van der Waals surface area (Å²) in [6.07, 6.45) is -1.20. The van der Waals surface area contributed by atoms with Crippen LogP contribution in [0.4, 0.5) is 5.82 Å². The SMILES string of the molecule is Nc1ncnc2c1c(-c1ccc(COc3cccc4ccccc34)cc1)cn2[C@@H]1O[C@H](CO)[C@@H](O)[C@H]1O. The molecule has 9 nitrogen and oxygen atoms in total. The quantitative estimate of drug-likeness (QED) is 0.281. The number of benzene rings is 3. The number of aromatic nitrogens is 3. The van der Waals surface area contributed by atoms with Crippen LogP contribution in [0.5, 0.6) is 5.75 Å². The molecule has 6 rings (SSSR count). The van der Waals surface area contributed by atoms with E-state index in [-0.39, 0.29) is 5.82 Å². The maximum atomic E-state index is 10.6. The molecule has 0 unspecified atom stereocenters. The Morgan fingerprint density at radius 3 is 2.51 bits per heavy atom. The highest BCUT2D eigenvalue weighted by molar-refractivity contribution is 6.00. The Bertz CT molecular complexity index is 1560. The summed E-state index contributed by atoms with van der Waals surface area (Å²) in [7, 11) is 0. The van der Waals surface area contributed by atoms with Gasteiger partial charge in [-0.3, -0.25) is 0 Å². The molecule has 9 heteroatoms. The van der Waals surface area contributed by atoms with Gasteiger partial charge >= 0.3 is 0 Å². The van der Waals surface area contributed by atoms with Gasteiger partial charge in [-0.1, -0.05) is 60.7 Å². The molecule has 0 bridgehead atoms. The molecule has 1 aliphatic rings. The molecule has 1 saturated heterocycles. The van der Waals surface area contributed by atoms with E-state index in [2.05, 4.69) is 22.1 Å². The second-order valence-corrected chi connectivity index (χ2v) is 9.10. The van der Waals surface area contributed by atoms with Gasteiger partial charge in [0.05, 0.1) is 12.0 Å². The maximum absolute atomic E-state index is 10.6. The van der Waals surface area contributed by atoms with Crippen molar-refractivity contribution < 1.29 is 24.8 Å². The summed E-state index contributed by atoms with van der Waals surface area (Å²) < 4.78 is 13.5. The van der Waals surface area contributed by atoms with Crippen LogP contribution >= 0.6 is 0 Å². The third kappa shape index (κ3) is 4.08. The largest absolute Gasteiger partial charge is 0.488 e. The van der Waals surface area contributed by atoms with Gasteiger partial charge in [0.15, 0.2) is 6.23 Å². The lowest BCUT2D eigenvalue weighted by Gasteiger charge is -2.17. The first-order chi connectivity index (χ1) is 18.0. The van der Waals surface area contributed by atoms with Crippen LogP contribution in [0.3, 0.4) is 0 Å². The highest BCUT2D eigenvalue weighted by Crippen LogP contribution is 2.38. The summed E-state index contributed by atoms with van der Waals surface area (Å²) >= 11 is 0.